The monoisotopic (exact) mass is 702 g/mol. The predicted molar refractivity (Wildman–Crippen MR) is 184 cm³/mol. The smallest absolute Gasteiger partial charge is 0.407 e. The molecule has 14 nitrogen and oxygen atoms in total. The van der Waals surface area contributed by atoms with Crippen molar-refractivity contribution in [2.75, 3.05) is 73.0 Å². The number of aromatic nitrogens is 1. The highest BCUT2D eigenvalue weighted by Crippen LogP contribution is 2.28. The summed E-state index contributed by atoms with van der Waals surface area (Å²) >= 11 is 0. The van der Waals surface area contributed by atoms with Gasteiger partial charge in [-0.3, -0.25) is 14.6 Å². The summed E-state index contributed by atoms with van der Waals surface area (Å²) in [5.74, 6) is -0.310. The van der Waals surface area contributed by atoms with Crippen molar-refractivity contribution in [3.05, 3.63) is 59.2 Å². The number of benzene rings is 1. The van der Waals surface area contributed by atoms with Gasteiger partial charge in [0.15, 0.2) is 5.49 Å². The van der Waals surface area contributed by atoms with Crippen molar-refractivity contribution in [2.45, 2.75) is 65.0 Å². The maximum Gasteiger partial charge on any atom is 0.407 e. The lowest BCUT2D eigenvalue weighted by Crippen LogP contribution is -2.36. The van der Waals surface area contributed by atoms with Gasteiger partial charge in [-0.05, 0) is 75.4 Å². The maximum atomic E-state index is 13.5. The highest BCUT2D eigenvalue weighted by atomic mass is 16.6. The van der Waals surface area contributed by atoms with E-state index in [9.17, 15) is 19.6 Å². The first-order chi connectivity index (χ1) is 24.1. The topological polar surface area (TPSA) is 159 Å². The van der Waals surface area contributed by atoms with Crippen LogP contribution in [0.25, 0.3) is 0 Å². The second-order valence-corrected chi connectivity index (χ2v) is 12.8. The molecule has 2 heterocycles. The molecule has 14 heteroatoms. The van der Waals surface area contributed by atoms with Crippen LogP contribution in [0.2, 0.25) is 0 Å². The lowest BCUT2D eigenvalue weighted by Gasteiger charge is -2.24. The molecule has 0 aliphatic carbocycles. The van der Waals surface area contributed by atoms with Crippen molar-refractivity contribution in [3.8, 4) is 5.75 Å². The number of hydrogen-bond donors (Lipinski definition) is 2. The Balaban J connectivity index is 1.36. The second-order valence-electron chi connectivity index (χ2n) is 12.8. The average Bonchev–Trinajstić information content (AvgIpc) is 3.20. The van der Waals surface area contributed by atoms with Crippen LogP contribution >= 0.6 is 0 Å². The van der Waals surface area contributed by atoms with Crippen molar-refractivity contribution >= 4 is 18.0 Å². The van der Waals surface area contributed by atoms with Crippen LogP contribution in [0.15, 0.2) is 47.6 Å². The molecule has 0 spiro atoms. The van der Waals surface area contributed by atoms with Gasteiger partial charge >= 0.3 is 12.1 Å². The highest BCUT2D eigenvalue weighted by Gasteiger charge is 2.31. The molecule has 1 atom stereocenters. The number of carbonyl (C=O) groups excluding carboxylic acids is 3. The summed E-state index contributed by atoms with van der Waals surface area (Å²) < 4.78 is 33.9. The van der Waals surface area contributed by atoms with E-state index in [0.29, 0.717) is 109 Å². The fraction of sp³-hybridized carbons (Fsp3) is 0.611. The molecule has 2 amide bonds. The fourth-order valence-corrected chi connectivity index (χ4v) is 5.14. The van der Waals surface area contributed by atoms with Crippen molar-refractivity contribution in [1.29, 1.82) is 0 Å². The van der Waals surface area contributed by atoms with E-state index in [1.807, 2.05) is 45.0 Å². The average molecular weight is 703 g/mol. The van der Waals surface area contributed by atoms with Crippen LogP contribution in [0.4, 0.5) is 4.79 Å². The van der Waals surface area contributed by atoms with Crippen LogP contribution in [-0.2, 0) is 46.2 Å². The molecule has 278 valence electrons. The molecule has 1 aromatic heterocycles. The van der Waals surface area contributed by atoms with E-state index in [4.69, 9.17) is 28.4 Å². The first kappa shape index (κ1) is 40.3. The van der Waals surface area contributed by atoms with Crippen LogP contribution < -0.4 is 15.5 Å². The van der Waals surface area contributed by atoms with Gasteiger partial charge in [-0.15, -0.1) is 0 Å². The molecule has 1 aliphatic rings. The van der Waals surface area contributed by atoms with E-state index in [1.54, 1.807) is 17.0 Å². The third-order valence-electron chi connectivity index (χ3n) is 7.56. The molecular weight excluding hydrogens is 648 g/mol. The molecule has 1 aromatic carbocycles. The van der Waals surface area contributed by atoms with Gasteiger partial charge in [-0.2, -0.15) is 4.73 Å². The van der Waals surface area contributed by atoms with Gasteiger partial charge in [-0.25, -0.2) is 4.79 Å². The van der Waals surface area contributed by atoms with Crippen molar-refractivity contribution in [2.24, 2.45) is 10.9 Å². The van der Waals surface area contributed by atoms with Gasteiger partial charge in [0.25, 0.3) is 0 Å². The summed E-state index contributed by atoms with van der Waals surface area (Å²) in [5, 5.41) is 12.5. The Hall–Kier alpha value is -4.14. The number of pyridine rings is 1. The largest absolute Gasteiger partial charge is 0.494 e. The molecule has 2 aromatic rings. The number of ether oxygens (including phenoxy) is 6. The number of methoxy groups -OCH3 is 1. The molecule has 0 fully saturated rings. The number of carbonyl (C=O) groups is 3. The summed E-state index contributed by atoms with van der Waals surface area (Å²) in [6.07, 6.45) is 3.51. The van der Waals surface area contributed by atoms with Crippen molar-refractivity contribution in [3.63, 3.8) is 0 Å². The second kappa shape index (κ2) is 21.8. The Morgan fingerprint density at radius 1 is 0.940 bits per heavy atom. The minimum Gasteiger partial charge on any atom is -0.494 e. The van der Waals surface area contributed by atoms with Gasteiger partial charge in [0.2, 0.25) is 5.91 Å². The molecular formula is C36H54N4O10. The molecule has 1 aliphatic heterocycles. The molecule has 50 heavy (non-hydrogen) atoms. The van der Waals surface area contributed by atoms with E-state index in [0.717, 1.165) is 15.9 Å². The first-order valence-electron chi connectivity index (χ1n) is 17.2. The number of alkyl carbamates (subject to hydrolysis) is 1. The number of rotatable bonds is 21. The zero-order chi connectivity index (χ0) is 36.2. The number of nitrogens with one attached hydrogen (secondary N) is 1. The third kappa shape index (κ3) is 15.6. The van der Waals surface area contributed by atoms with Gasteiger partial charge in [0, 0.05) is 52.0 Å². The minimum atomic E-state index is -0.520. The molecule has 0 saturated carbocycles. The predicted octanol–water partition coefficient (Wildman–Crippen LogP) is 3.51. The maximum absolute atomic E-state index is 13.5. The molecule has 0 bridgehead atoms. The van der Waals surface area contributed by atoms with Gasteiger partial charge < -0.3 is 43.8 Å². The number of fused-ring (bicyclic) bond motifs is 1. The Morgan fingerprint density at radius 2 is 1.66 bits per heavy atom. The third-order valence-corrected chi connectivity index (χ3v) is 7.56. The zero-order valence-corrected chi connectivity index (χ0v) is 29.9. The Bertz CT molecular complexity index is 1410. The van der Waals surface area contributed by atoms with Crippen LogP contribution in [0.3, 0.4) is 0 Å². The number of amides is 2. The van der Waals surface area contributed by atoms with E-state index >= 15 is 0 Å². The van der Waals surface area contributed by atoms with Crippen molar-refractivity contribution in [1.82, 2.24) is 14.9 Å². The SMILES string of the molecule is COC(=O)CC1Cc2ccc(OCCCN=c3ccccn3O)cc2CN(CCCOCCOCCOCCCNC(=O)OC(C)(C)C)C1=O. The van der Waals surface area contributed by atoms with Gasteiger partial charge in [-0.1, -0.05) is 12.1 Å². The van der Waals surface area contributed by atoms with E-state index in [1.165, 1.54) is 13.3 Å². The quantitative estimate of drug-likeness (QED) is 0.112. The summed E-state index contributed by atoms with van der Waals surface area (Å²) in [7, 11) is 1.33. The van der Waals surface area contributed by atoms with Crippen molar-refractivity contribution < 1.29 is 48.0 Å². The first-order valence-corrected chi connectivity index (χ1v) is 17.2. The van der Waals surface area contributed by atoms with E-state index in [2.05, 4.69) is 10.3 Å². The highest BCUT2D eigenvalue weighted by molar-refractivity contribution is 5.84. The van der Waals surface area contributed by atoms with Crippen LogP contribution in [-0.4, -0.2) is 111 Å². The zero-order valence-electron chi connectivity index (χ0n) is 29.9. The van der Waals surface area contributed by atoms with Crippen LogP contribution in [0.5, 0.6) is 5.75 Å². The van der Waals surface area contributed by atoms with E-state index < -0.39 is 23.6 Å². The molecule has 1 unspecified atom stereocenters. The number of hydrogen-bond acceptors (Lipinski definition) is 11. The summed E-state index contributed by atoms with van der Waals surface area (Å²) in [6.45, 7) is 10.4. The fourth-order valence-electron chi connectivity index (χ4n) is 5.14. The summed E-state index contributed by atoms with van der Waals surface area (Å²) in [5.41, 5.74) is 1.94. The molecule has 0 saturated heterocycles. The van der Waals surface area contributed by atoms with E-state index in [-0.39, 0.29) is 12.3 Å². The van der Waals surface area contributed by atoms with Gasteiger partial charge in [0.05, 0.1) is 52.5 Å². The Morgan fingerprint density at radius 3 is 2.36 bits per heavy atom. The van der Waals surface area contributed by atoms with Crippen LogP contribution in [0, 0.1) is 5.92 Å². The summed E-state index contributed by atoms with van der Waals surface area (Å²) in [4.78, 5) is 43.4. The summed E-state index contributed by atoms with van der Waals surface area (Å²) in [6, 6.07) is 11.1. The minimum absolute atomic E-state index is 0.0167. The van der Waals surface area contributed by atoms with Crippen LogP contribution in [0.1, 0.15) is 57.6 Å². The molecule has 0 radical (unpaired) electrons. The standard InChI is InChI=1S/C36H54N4O10/c1-36(2,3)50-35(43)38-14-7-17-46-20-22-48-23-21-47-18-9-15-39-27-30-25-31(49-19-8-13-37-32-10-5-6-16-40(32)44)12-11-28(30)24-29(34(39)42)26-33(41)45-4/h5-6,10-12,16,25,29,44H,7-9,13-15,17-24,26-27H2,1-4H3,(H,38,43). The normalized spacial score (nSPS) is 15.0. The lowest BCUT2D eigenvalue weighted by atomic mass is 9.94. The van der Waals surface area contributed by atoms with Gasteiger partial charge in [0.1, 0.15) is 11.4 Å². The Labute approximate surface area is 294 Å². The number of nitrogens with zero attached hydrogens (tertiary/aromatic N) is 3. The number of esters is 1. The molecule has 2 N–H and O–H groups in total. The lowest BCUT2D eigenvalue weighted by molar-refractivity contribution is -0.147. The molecule has 3 rings (SSSR count). The Kier molecular flexibility index (Phi) is 17.6.